The van der Waals surface area contributed by atoms with E-state index in [4.69, 9.17) is 5.84 Å². The lowest BCUT2D eigenvalue weighted by molar-refractivity contribution is 0.548. The fourth-order valence-electron chi connectivity index (χ4n) is 1.24. The number of rotatable bonds is 1. The minimum Gasteiger partial charge on any atom is -0.268 e. The van der Waals surface area contributed by atoms with Gasteiger partial charge >= 0.3 is 0 Å². The molecule has 58 valence electrons. The maximum Gasteiger partial charge on any atom is 0.0632 e. The first-order valence-corrected chi connectivity index (χ1v) is 3.85. The van der Waals surface area contributed by atoms with Crippen LogP contribution < -0.4 is 5.84 Å². The minimum atomic E-state index is 0.482. The standard InChI is InChI=1S/C9H12N2/c1-7-2-4-8(5-3-7)9-6-11(9)10/h2-5,9H,6,10H2,1H3. The van der Waals surface area contributed by atoms with Gasteiger partial charge in [0.25, 0.3) is 0 Å². The normalized spacial score (nSPS) is 28.5. The zero-order valence-electron chi connectivity index (χ0n) is 6.62. The van der Waals surface area contributed by atoms with Crippen LogP contribution in [0, 0.1) is 6.92 Å². The SMILES string of the molecule is Cc1ccc(C2CN2N)cc1. The van der Waals surface area contributed by atoms with Gasteiger partial charge in [-0.25, -0.2) is 5.01 Å². The molecule has 0 saturated carbocycles. The summed E-state index contributed by atoms with van der Waals surface area (Å²) in [4.78, 5) is 0. The van der Waals surface area contributed by atoms with Crippen molar-refractivity contribution in [1.29, 1.82) is 0 Å². The van der Waals surface area contributed by atoms with E-state index in [0.717, 1.165) is 6.54 Å². The zero-order chi connectivity index (χ0) is 7.84. The summed E-state index contributed by atoms with van der Waals surface area (Å²) in [5, 5.41) is 1.84. The maximum atomic E-state index is 5.57. The van der Waals surface area contributed by atoms with Crippen molar-refractivity contribution in [2.24, 2.45) is 5.84 Å². The molecule has 0 amide bonds. The molecule has 1 heterocycles. The fourth-order valence-corrected chi connectivity index (χ4v) is 1.24. The summed E-state index contributed by atoms with van der Waals surface area (Å²) in [7, 11) is 0. The number of hydrogen-bond donors (Lipinski definition) is 1. The highest BCUT2D eigenvalue weighted by Gasteiger charge is 2.31. The molecular formula is C9H12N2. The summed E-state index contributed by atoms with van der Waals surface area (Å²) in [5.74, 6) is 5.57. The molecule has 0 spiro atoms. The molecule has 2 atom stereocenters. The zero-order valence-corrected chi connectivity index (χ0v) is 6.62. The van der Waals surface area contributed by atoms with Crippen molar-refractivity contribution >= 4 is 0 Å². The largest absolute Gasteiger partial charge is 0.268 e. The second-order valence-corrected chi connectivity index (χ2v) is 3.12. The molecule has 2 N–H and O–H groups in total. The van der Waals surface area contributed by atoms with Crippen LogP contribution in [0.1, 0.15) is 17.2 Å². The third kappa shape index (κ3) is 1.27. The van der Waals surface area contributed by atoms with E-state index in [1.54, 1.807) is 0 Å². The van der Waals surface area contributed by atoms with Gasteiger partial charge in [0.05, 0.1) is 6.04 Å². The van der Waals surface area contributed by atoms with E-state index in [1.165, 1.54) is 11.1 Å². The highest BCUT2D eigenvalue weighted by Crippen LogP contribution is 2.30. The van der Waals surface area contributed by atoms with Crippen molar-refractivity contribution in [3.8, 4) is 0 Å². The molecule has 0 aromatic heterocycles. The molecule has 1 aromatic carbocycles. The average molecular weight is 148 g/mol. The molecule has 1 fully saturated rings. The summed E-state index contributed by atoms with van der Waals surface area (Å²) in [6, 6.07) is 9.03. The molecule has 1 aliphatic rings. The summed E-state index contributed by atoms with van der Waals surface area (Å²) in [5.41, 5.74) is 2.64. The Morgan fingerprint density at radius 1 is 1.36 bits per heavy atom. The van der Waals surface area contributed by atoms with Crippen LogP contribution in [0.25, 0.3) is 0 Å². The Morgan fingerprint density at radius 2 is 1.91 bits per heavy atom. The van der Waals surface area contributed by atoms with Gasteiger partial charge in [-0.2, -0.15) is 0 Å². The van der Waals surface area contributed by atoms with E-state index in [0.29, 0.717) is 6.04 Å². The van der Waals surface area contributed by atoms with Gasteiger partial charge in [-0.15, -0.1) is 0 Å². The maximum absolute atomic E-state index is 5.57. The van der Waals surface area contributed by atoms with E-state index >= 15 is 0 Å². The molecule has 2 nitrogen and oxygen atoms in total. The van der Waals surface area contributed by atoms with Gasteiger partial charge in [0.15, 0.2) is 0 Å². The molecule has 1 saturated heterocycles. The summed E-state index contributed by atoms with van der Waals surface area (Å²) < 4.78 is 0. The minimum absolute atomic E-state index is 0.482. The lowest BCUT2D eigenvalue weighted by Gasteiger charge is -1.97. The van der Waals surface area contributed by atoms with Crippen molar-refractivity contribution in [2.45, 2.75) is 13.0 Å². The Morgan fingerprint density at radius 3 is 2.36 bits per heavy atom. The molecule has 11 heavy (non-hydrogen) atoms. The number of nitrogens with zero attached hydrogens (tertiary/aromatic N) is 1. The van der Waals surface area contributed by atoms with Crippen molar-refractivity contribution in [3.05, 3.63) is 35.4 Å². The molecule has 1 aliphatic heterocycles. The summed E-state index contributed by atoms with van der Waals surface area (Å²) >= 11 is 0. The number of benzene rings is 1. The number of aryl methyl sites for hydroxylation is 1. The topological polar surface area (TPSA) is 29.0 Å². The van der Waals surface area contributed by atoms with Crippen molar-refractivity contribution in [2.75, 3.05) is 6.54 Å². The van der Waals surface area contributed by atoms with E-state index in [1.807, 2.05) is 5.01 Å². The number of hydrogen-bond acceptors (Lipinski definition) is 2. The molecule has 0 bridgehead atoms. The highest BCUT2D eigenvalue weighted by molar-refractivity contribution is 5.26. The van der Waals surface area contributed by atoms with Gasteiger partial charge in [-0.1, -0.05) is 29.8 Å². The molecule has 2 unspecified atom stereocenters. The van der Waals surface area contributed by atoms with Crippen molar-refractivity contribution < 1.29 is 0 Å². The monoisotopic (exact) mass is 148 g/mol. The van der Waals surface area contributed by atoms with Crippen LogP contribution >= 0.6 is 0 Å². The molecule has 0 aliphatic carbocycles. The van der Waals surface area contributed by atoms with Crippen LogP contribution in [0.3, 0.4) is 0 Å². The van der Waals surface area contributed by atoms with Crippen LogP contribution in [-0.2, 0) is 0 Å². The molecule has 1 aromatic rings. The van der Waals surface area contributed by atoms with Gasteiger partial charge in [0.2, 0.25) is 0 Å². The number of nitrogens with two attached hydrogens (primary N) is 1. The first kappa shape index (κ1) is 6.83. The Balaban J connectivity index is 2.21. The van der Waals surface area contributed by atoms with Crippen LogP contribution in [0.5, 0.6) is 0 Å². The second kappa shape index (κ2) is 2.32. The van der Waals surface area contributed by atoms with E-state index in [2.05, 4.69) is 31.2 Å². The summed E-state index contributed by atoms with van der Waals surface area (Å²) in [6.45, 7) is 3.10. The van der Waals surface area contributed by atoms with Crippen molar-refractivity contribution in [3.63, 3.8) is 0 Å². The lowest BCUT2D eigenvalue weighted by Crippen LogP contribution is -2.05. The number of hydrazine groups is 1. The second-order valence-electron chi connectivity index (χ2n) is 3.12. The van der Waals surface area contributed by atoms with E-state index in [-0.39, 0.29) is 0 Å². The molecule has 2 heteroatoms. The van der Waals surface area contributed by atoms with Gasteiger partial charge in [0.1, 0.15) is 0 Å². The Labute approximate surface area is 66.6 Å². The third-order valence-corrected chi connectivity index (χ3v) is 2.11. The van der Waals surface area contributed by atoms with Gasteiger partial charge in [-0.05, 0) is 12.5 Å². The van der Waals surface area contributed by atoms with Gasteiger partial charge < -0.3 is 0 Å². The van der Waals surface area contributed by atoms with Crippen molar-refractivity contribution in [1.82, 2.24) is 5.01 Å². The Hall–Kier alpha value is -0.860. The van der Waals surface area contributed by atoms with Crippen LogP contribution in [0.2, 0.25) is 0 Å². The quantitative estimate of drug-likeness (QED) is 0.479. The van der Waals surface area contributed by atoms with Crippen LogP contribution in [0.15, 0.2) is 24.3 Å². The third-order valence-electron chi connectivity index (χ3n) is 2.11. The van der Waals surface area contributed by atoms with E-state index < -0.39 is 0 Å². The smallest absolute Gasteiger partial charge is 0.0632 e. The predicted molar refractivity (Wildman–Crippen MR) is 44.8 cm³/mol. The lowest BCUT2D eigenvalue weighted by atomic mass is 10.1. The Bertz CT molecular complexity index is 253. The highest BCUT2D eigenvalue weighted by atomic mass is 15.5. The van der Waals surface area contributed by atoms with Gasteiger partial charge in [0, 0.05) is 6.54 Å². The molecular weight excluding hydrogens is 136 g/mol. The molecule has 2 rings (SSSR count). The first-order valence-electron chi connectivity index (χ1n) is 3.85. The first-order chi connectivity index (χ1) is 5.27. The van der Waals surface area contributed by atoms with Crippen LogP contribution in [0.4, 0.5) is 0 Å². The van der Waals surface area contributed by atoms with Gasteiger partial charge in [-0.3, -0.25) is 5.84 Å². The van der Waals surface area contributed by atoms with E-state index in [9.17, 15) is 0 Å². The predicted octanol–water partition coefficient (Wildman–Crippen LogP) is 1.23. The Kier molecular flexibility index (Phi) is 1.44. The average Bonchev–Trinajstić information content (AvgIpc) is 2.69. The van der Waals surface area contributed by atoms with Crippen LogP contribution in [-0.4, -0.2) is 11.6 Å². The summed E-state index contributed by atoms with van der Waals surface area (Å²) in [6.07, 6.45) is 0. The molecule has 0 radical (unpaired) electrons. The fraction of sp³-hybridized carbons (Fsp3) is 0.333.